The predicted molar refractivity (Wildman–Crippen MR) is 87.0 cm³/mol. The second kappa shape index (κ2) is 7.93. The molecule has 0 aliphatic heterocycles. The topological polar surface area (TPSA) is 93.2 Å². The lowest BCUT2D eigenvalue weighted by atomic mass is 10.2. The highest BCUT2D eigenvalue weighted by Gasteiger charge is 2.26. The van der Waals surface area contributed by atoms with Crippen LogP contribution in [0.25, 0.3) is 0 Å². The minimum Gasteiger partial charge on any atom is -0.449 e. The molecule has 10 heteroatoms. The van der Waals surface area contributed by atoms with E-state index < -0.39 is 28.0 Å². The zero-order valence-corrected chi connectivity index (χ0v) is 15.5. The van der Waals surface area contributed by atoms with E-state index in [1.54, 1.807) is 0 Å². The van der Waals surface area contributed by atoms with Gasteiger partial charge in [-0.15, -0.1) is 0 Å². The first-order valence-corrected chi connectivity index (χ1v) is 8.59. The summed E-state index contributed by atoms with van der Waals surface area (Å²) in [4.78, 5) is 29.7. The molecule has 0 radical (unpaired) electrons. The Morgan fingerprint density at radius 3 is 2.29 bits per heavy atom. The lowest BCUT2D eigenvalue weighted by molar-refractivity contribution is -0.137. The van der Waals surface area contributed by atoms with E-state index in [1.165, 1.54) is 52.2 Å². The molecule has 0 unspecified atom stereocenters. The van der Waals surface area contributed by atoms with Crippen molar-refractivity contribution in [2.75, 3.05) is 28.3 Å². The molecule has 0 saturated heterocycles. The highest BCUT2D eigenvalue weighted by atomic mass is 35.5. The number of benzene rings is 1. The molecule has 0 fully saturated rings. The summed E-state index contributed by atoms with van der Waals surface area (Å²) >= 11 is 5.94. The molecule has 1 rings (SSSR count). The summed E-state index contributed by atoms with van der Waals surface area (Å²) in [6.45, 7) is 1.41. The first-order chi connectivity index (χ1) is 11.0. The molecule has 1 aromatic carbocycles. The second-order valence-electron chi connectivity index (χ2n) is 5.02. The van der Waals surface area contributed by atoms with E-state index in [1.807, 2.05) is 0 Å². The van der Waals surface area contributed by atoms with Gasteiger partial charge in [0.1, 0.15) is 0 Å². The van der Waals surface area contributed by atoms with Gasteiger partial charge in [-0.3, -0.25) is 9.63 Å². The van der Waals surface area contributed by atoms with Gasteiger partial charge in [-0.1, -0.05) is 16.1 Å². The summed E-state index contributed by atoms with van der Waals surface area (Å²) < 4.78 is 30.1. The Morgan fingerprint density at radius 2 is 1.79 bits per heavy atom. The van der Waals surface area contributed by atoms with Crippen molar-refractivity contribution in [3.8, 4) is 0 Å². The fourth-order valence-corrected chi connectivity index (χ4v) is 2.90. The molecule has 0 aromatic heterocycles. The monoisotopic (exact) mass is 378 g/mol. The van der Waals surface area contributed by atoms with Crippen LogP contribution in [-0.4, -0.2) is 64.0 Å². The van der Waals surface area contributed by atoms with Gasteiger partial charge >= 0.3 is 5.97 Å². The highest BCUT2D eigenvalue weighted by Crippen LogP contribution is 2.23. The average Bonchev–Trinajstić information content (AvgIpc) is 2.52. The zero-order valence-electron chi connectivity index (χ0n) is 13.9. The van der Waals surface area contributed by atoms with E-state index >= 15 is 0 Å². The number of hydroxylamine groups is 1. The fraction of sp³-hybridized carbons (Fsp3) is 0.429. The highest BCUT2D eigenvalue weighted by molar-refractivity contribution is 7.89. The second-order valence-corrected chi connectivity index (χ2v) is 7.36. The Hall–Kier alpha value is -1.68. The predicted octanol–water partition coefficient (Wildman–Crippen LogP) is 1.16. The summed E-state index contributed by atoms with van der Waals surface area (Å²) in [7, 11) is 1.49. The Balaban J connectivity index is 3.15. The first kappa shape index (κ1) is 20.4. The third-order valence-electron chi connectivity index (χ3n) is 3.12. The molecule has 24 heavy (non-hydrogen) atoms. The molecule has 0 spiro atoms. The van der Waals surface area contributed by atoms with E-state index in [-0.39, 0.29) is 15.5 Å². The molecule has 134 valence electrons. The van der Waals surface area contributed by atoms with E-state index in [4.69, 9.17) is 16.3 Å². The number of carbonyl (C=O) groups is 2. The van der Waals surface area contributed by atoms with Gasteiger partial charge in [-0.2, -0.15) is 0 Å². The van der Waals surface area contributed by atoms with Gasteiger partial charge in [-0.25, -0.2) is 13.2 Å². The van der Waals surface area contributed by atoms with Crippen LogP contribution in [0, 0.1) is 0 Å². The first-order valence-electron chi connectivity index (χ1n) is 6.77. The van der Waals surface area contributed by atoms with Crippen molar-refractivity contribution in [2.24, 2.45) is 0 Å². The number of hydrogen-bond donors (Lipinski definition) is 0. The molecule has 8 nitrogen and oxygen atoms in total. The van der Waals surface area contributed by atoms with Crippen molar-refractivity contribution in [3.63, 3.8) is 0 Å². The van der Waals surface area contributed by atoms with E-state index in [2.05, 4.69) is 4.84 Å². The molecular weight excluding hydrogens is 360 g/mol. The molecule has 1 aromatic rings. The molecule has 0 N–H and O–H groups in total. The van der Waals surface area contributed by atoms with Crippen LogP contribution in [0.5, 0.6) is 0 Å². The largest absolute Gasteiger partial charge is 0.449 e. The van der Waals surface area contributed by atoms with Crippen LogP contribution in [0.15, 0.2) is 23.1 Å². The van der Waals surface area contributed by atoms with Crippen LogP contribution >= 0.6 is 11.6 Å². The van der Waals surface area contributed by atoms with Crippen LogP contribution in [0.2, 0.25) is 5.02 Å². The van der Waals surface area contributed by atoms with Crippen molar-refractivity contribution in [3.05, 3.63) is 28.8 Å². The fourth-order valence-electron chi connectivity index (χ4n) is 1.71. The van der Waals surface area contributed by atoms with Crippen molar-refractivity contribution in [2.45, 2.75) is 17.9 Å². The number of sulfonamides is 1. The number of rotatable bonds is 6. The summed E-state index contributed by atoms with van der Waals surface area (Å²) in [5.74, 6) is -1.32. The van der Waals surface area contributed by atoms with Crippen LogP contribution in [0.3, 0.4) is 0 Å². The van der Waals surface area contributed by atoms with Crippen molar-refractivity contribution < 1.29 is 27.6 Å². The minimum absolute atomic E-state index is 0.00326. The van der Waals surface area contributed by atoms with E-state index in [9.17, 15) is 18.0 Å². The molecule has 1 atom stereocenters. The van der Waals surface area contributed by atoms with Crippen molar-refractivity contribution in [1.29, 1.82) is 0 Å². The standard InChI is InChI=1S/C14H19ClN2O6S/c1-9(13(18)16(2)3)23-14(19)11-8-10(6-7-12(11)15)24(20,21)17(4)22-5/h6-9H,1-5H3/t9-/m1/s1. The maximum atomic E-state index is 12.2. The van der Waals surface area contributed by atoms with Crippen LogP contribution in [-0.2, 0) is 24.4 Å². The Labute approximate surface area is 145 Å². The summed E-state index contributed by atoms with van der Waals surface area (Å²) in [6.07, 6.45) is -1.04. The maximum absolute atomic E-state index is 12.2. The number of nitrogens with zero attached hydrogens (tertiary/aromatic N) is 2. The van der Waals surface area contributed by atoms with Gasteiger partial charge < -0.3 is 9.64 Å². The number of amides is 1. The lowest BCUT2D eigenvalue weighted by Crippen LogP contribution is -2.35. The number of hydrogen-bond acceptors (Lipinski definition) is 6. The Morgan fingerprint density at radius 1 is 1.21 bits per heavy atom. The van der Waals surface area contributed by atoms with Gasteiger partial charge in [0.05, 0.1) is 22.6 Å². The third-order valence-corrected chi connectivity index (χ3v) is 5.13. The van der Waals surface area contributed by atoms with Gasteiger partial charge in [0, 0.05) is 21.1 Å². The lowest BCUT2D eigenvalue weighted by Gasteiger charge is -2.18. The van der Waals surface area contributed by atoms with Crippen molar-refractivity contribution in [1.82, 2.24) is 9.37 Å². The maximum Gasteiger partial charge on any atom is 0.340 e. The normalized spacial score (nSPS) is 12.8. The molecule has 0 aliphatic carbocycles. The average molecular weight is 379 g/mol. The summed E-state index contributed by atoms with van der Waals surface area (Å²) in [5.41, 5.74) is -0.166. The SMILES string of the molecule is CON(C)S(=O)(=O)c1ccc(Cl)c(C(=O)O[C@H](C)C(=O)N(C)C)c1. The minimum atomic E-state index is -3.95. The van der Waals surface area contributed by atoms with E-state index in [0.717, 1.165) is 6.07 Å². The Bertz CT molecular complexity index is 735. The summed E-state index contributed by atoms with van der Waals surface area (Å²) in [6, 6.07) is 3.56. The van der Waals surface area contributed by atoms with Gasteiger partial charge in [0.2, 0.25) is 0 Å². The number of likely N-dealkylation sites (N-methyl/N-ethyl adjacent to an activating group) is 1. The third kappa shape index (κ3) is 4.44. The molecule has 0 heterocycles. The Kier molecular flexibility index (Phi) is 6.73. The van der Waals surface area contributed by atoms with Gasteiger partial charge in [-0.05, 0) is 25.1 Å². The van der Waals surface area contributed by atoms with E-state index in [0.29, 0.717) is 4.47 Å². The molecule has 0 bridgehead atoms. The van der Waals surface area contributed by atoms with Crippen molar-refractivity contribution >= 4 is 33.5 Å². The molecule has 0 aliphatic rings. The molecule has 0 saturated carbocycles. The van der Waals surface area contributed by atoms with Crippen LogP contribution < -0.4 is 0 Å². The van der Waals surface area contributed by atoms with Gasteiger partial charge in [0.15, 0.2) is 6.10 Å². The number of halogens is 1. The van der Waals surface area contributed by atoms with Crippen LogP contribution in [0.4, 0.5) is 0 Å². The smallest absolute Gasteiger partial charge is 0.340 e. The molecule has 1 amide bonds. The van der Waals surface area contributed by atoms with Crippen LogP contribution in [0.1, 0.15) is 17.3 Å². The summed E-state index contributed by atoms with van der Waals surface area (Å²) in [5, 5.41) is 0.00326. The number of ether oxygens (including phenoxy) is 1. The molecular formula is C14H19ClN2O6S. The quantitative estimate of drug-likeness (QED) is 0.544. The number of carbonyl (C=O) groups excluding carboxylic acids is 2. The van der Waals surface area contributed by atoms with Gasteiger partial charge in [0.25, 0.3) is 15.9 Å². The number of esters is 1. The zero-order chi connectivity index (χ0) is 18.7.